The normalized spacial score (nSPS) is 10.4. The summed E-state index contributed by atoms with van der Waals surface area (Å²) in [6.07, 6.45) is 0.839. The molecule has 0 saturated heterocycles. The fourth-order valence-corrected chi connectivity index (χ4v) is 2.71. The Morgan fingerprint density at radius 3 is 2.34 bits per heavy atom. The van der Waals surface area contributed by atoms with Crippen molar-refractivity contribution in [3.63, 3.8) is 0 Å². The summed E-state index contributed by atoms with van der Waals surface area (Å²) in [6.45, 7) is 3.57. The molecular weight excluding hydrogens is 375 g/mol. The lowest BCUT2D eigenvalue weighted by Crippen LogP contribution is -2.44. The highest BCUT2D eigenvalue weighted by molar-refractivity contribution is 5.98. The van der Waals surface area contributed by atoms with Crippen molar-refractivity contribution in [2.75, 3.05) is 0 Å². The first-order chi connectivity index (χ1) is 13.9. The fraction of sp³-hybridized carbons (Fsp3) is 0.143. The molecule has 0 radical (unpaired) electrons. The molecule has 0 atom stereocenters. The topological polar surface area (TPSA) is 93.1 Å². The Morgan fingerprint density at radius 1 is 1.03 bits per heavy atom. The van der Waals surface area contributed by atoms with Crippen molar-refractivity contribution in [1.29, 1.82) is 0 Å². The molecule has 0 fully saturated rings. The zero-order valence-corrected chi connectivity index (χ0v) is 15.9. The van der Waals surface area contributed by atoms with Gasteiger partial charge in [-0.1, -0.05) is 31.2 Å². The van der Waals surface area contributed by atoms with Crippen molar-refractivity contribution in [1.82, 2.24) is 20.6 Å². The van der Waals surface area contributed by atoms with E-state index in [0.717, 1.165) is 16.7 Å². The van der Waals surface area contributed by atoms with Crippen LogP contribution in [-0.4, -0.2) is 21.6 Å². The van der Waals surface area contributed by atoms with E-state index in [1.807, 2.05) is 19.1 Å². The van der Waals surface area contributed by atoms with Crippen molar-refractivity contribution >= 4 is 11.8 Å². The van der Waals surface area contributed by atoms with Gasteiger partial charge < -0.3 is 0 Å². The van der Waals surface area contributed by atoms with Gasteiger partial charge >= 0.3 is 0 Å². The van der Waals surface area contributed by atoms with E-state index in [0.29, 0.717) is 11.3 Å². The molecule has 29 heavy (non-hydrogen) atoms. The molecule has 0 unspecified atom stereocenters. The lowest BCUT2D eigenvalue weighted by atomic mass is 10.1. The predicted molar refractivity (Wildman–Crippen MR) is 105 cm³/mol. The number of carbonyl (C=O) groups excluding carboxylic acids is 2. The van der Waals surface area contributed by atoms with Crippen LogP contribution in [0.5, 0.6) is 0 Å². The number of nitrogens with zero attached hydrogens (tertiary/aromatic N) is 2. The molecule has 7 nitrogen and oxygen atoms in total. The molecule has 2 aromatic carbocycles. The highest BCUT2D eigenvalue weighted by Crippen LogP contribution is 2.13. The maximum atomic E-state index is 14.1. The van der Waals surface area contributed by atoms with Crippen LogP contribution in [0.15, 0.2) is 59.4 Å². The summed E-state index contributed by atoms with van der Waals surface area (Å²) < 4.78 is 15.3. The van der Waals surface area contributed by atoms with E-state index in [4.69, 9.17) is 0 Å². The second-order valence-corrected chi connectivity index (χ2v) is 6.32. The minimum absolute atomic E-state index is 0.0964. The number of carbonyl (C=O) groups is 2. The highest BCUT2D eigenvalue weighted by atomic mass is 19.1. The van der Waals surface area contributed by atoms with Crippen LogP contribution >= 0.6 is 0 Å². The molecule has 148 valence electrons. The third-order valence-electron chi connectivity index (χ3n) is 4.32. The number of hydrogen-bond acceptors (Lipinski definition) is 4. The van der Waals surface area contributed by atoms with Crippen LogP contribution < -0.4 is 16.3 Å². The molecule has 2 N–H and O–H groups in total. The fourth-order valence-electron chi connectivity index (χ4n) is 2.71. The third kappa shape index (κ3) is 4.37. The van der Waals surface area contributed by atoms with Crippen LogP contribution in [0.3, 0.4) is 0 Å². The summed E-state index contributed by atoms with van der Waals surface area (Å²) in [7, 11) is 0. The molecule has 2 amide bonds. The van der Waals surface area contributed by atoms with E-state index in [2.05, 4.69) is 16.0 Å². The molecule has 0 bridgehead atoms. The maximum Gasteiger partial charge on any atom is 0.294 e. The Hall–Kier alpha value is -3.81. The number of hydrazine groups is 1. The number of amides is 2. The molecule has 0 saturated carbocycles. The van der Waals surface area contributed by atoms with E-state index in [9.17, 15) is 18.8 Å². The highest BCUT2D eigenvalue weighted by Gasteiger charge is 2.17. The summed E-state index contributed by atoms with van der Waals surface area (Å²) in [4.78, 5) is 36.8. The van der Waals surface area contributed by atoms with E-state index in [1.165, 1.54) is 24.3 Å². The standard InChI is InChI=1S/C21H19FN4O3/c1-3-14-8-10-15(11-9-14)20(28)23-24-21(29)19-18(27)12-13(2)26(25-19)17-7-5-4-6-16(17)22/h4-12H,3H2,1-2H3,(H,23,28)(H,24,29). The van der Waals surface area contributed by atoms with Gasteiger partial charge in [0.05, 0.1) is 0 Å². The van der Waals surface area contributed by atoms with Gasteiger partial charge in [0.15, 0.2) is 5.69 Å². The van der Waals surface area contributed by atoms with Crippen molar-refractivity contribution in [3.05, 3.63) is 93.2 Å². The molecule has 0 spiro atoms. The minimum Gasteiger partial charge on any atom is -0.287 e. The van der Waals surface area contributed by atoms with Crippen LogP contribution in [0.2, 0.25) is 0 Å². The van der Waals surface area contributed by atoms with Crippen molar-refractivity contribution < 1.29 is 14.0 Å². The first kappa shape index (κ1) is 19.9. The summed E-state index contributed by atoms with van der Waals surface area (Å²) in [6, 6.07) is 13.9. The van der Waals surface area contributed by atoms with Gasteiger partial charge in [-0.05, 0) is 43.2 Å². The monoisotopic (exact) mass is 394 g/mol. The SMILES string of the molecule is CCc1ccc(C(=O)NNC(=O)c2nn(-c3ccccc3F)c(C)cc2=O)cc1. The Labute approximate surface area is 166 Å². The van der Waals surface area contributed by atoms with Crippen molar-refractivity contribution in [2.24, 2.45) is 0 Å². The zero-order valence-electron chi connectivity index (χ0n) is 15.9. The number of rotatable bonds is 4. The Balaban J connectivity index is 1.80. The quantitative estimate of drug-likeness (QED) is 0.664. The van der Waals surface area contributed by atoms with Gasteiger partial charge in [0.2, 0.25) is 5.43 Å². The minimum atomic E-state index is -0.904. The molecule has 8 heteroatoms. The van der Waals surface area contributed by atoms with Crippen LogP contribution in [0.25, 0.3) is 5.69 Å². The van der Waals surface area contributed by atoms with Crippen molar-refractivity contribution in [2.45, 2.75) is 20.3 Å². The lowest BCUT2D eigenvalue weighted by Gasteiger charge is -2.12. The van der Waals surface area contributed by atoms with Crippen LogP contribution in [-0.2, 0) is 6.42 Å². The van der Waals surface area contributed by atoms with Gasteiger partial charge in [0.25, 0.3) is 11.8 Å². The summed E-state index contributed by atoms with van der Waals surface area (Å²) >= 11 is 0. The average Bonchev–Trinajstić information content (AvgIpc) is 2.72. The average molecular weight is 394 g/mol. The summed E-state index contributed by atoms with van der Waals surface area (Å²) in [5.74, 6) is -2.00. The lowest BCUT2D eigenvalue weighted by molar-refractivity contribution is 0.0842. The molecule has 1 aromatic heterocycles. The Bertz CT molecular complexity index is 1120. The number of nitrogens with one attached hydrogen (secondary N) is 2. The number of aryl methyl sites for hydroxylation is 2. The number of aromatic nitrogens is 2. The molecule has 1 heterocycles. The van der Waals surface area contributed by atoms with E-state index < -0.39 is 28.8 Å². The third-order valence-corrected chi connectivity index (χ3v) is 4.32. The number of para-hydroxylation sites is 1. The van der Waals surface area contributed by atoms with Gasteiger partial charge in [-0.2, -0.15) is 5.10 Å². The zero-order chi connectivity index (χ0) is 21.0. The number of benzene rings is 2. The van der Waals surface area contributed by atoms with Gasteiger partial charge in [-0.25, -0.2) is 9.07 Å². The van der Waals surface area contributed by atoms with E-state index >= 15 is 0 Å². The van der Waals surface area contributed by atoms with E-state index in [1.54, 1.807) is 25.1 Å². The second-order valence-electron chi connectivity index (χ2n) is 6.32. The van der Waals surface area contributed by atoms with Gasteiger partial charge in [-0.3, -0.25) is 25.2 Å². The predicted octanol–water partition coefficient (Wildman–Crippen LogP) is 2.32. The van der Waals surface area contributed by atoms with Gasteiger partial charge in [-0.15, -0.1) is 0 Å². The Kier molecular flexibility index (Phi) is 5.82. The van der Waals surface area contributed by atoms with Crippen LogP contribution in [0.4, 0.5) is 4.39 Å². The van der Waals surface area contributed by atoms with Gasteiger partial charge in [0.1, 0.15) is 11.5 Å². The molecule has 0 aliphatic carbocycles. The van der Waals surface area contributed by atoms with Gasteiger partial charge in [0, 0.05) is 17.3 Å². The van der Waals surface area contributed by atoms with Crippen LogP contribution in [0.1, 0.15) is 39.0 Å². The molecule has 3 aromatic rings. The van der Waals surface area contributed by atoms with Crippen LogP contribution in [0, 0.1) is 12.7 Å². The number of hydrogen-bond donors (Lipinski definition) is 2. The summed E-state index contributed by atoms with van der Waals surface area (Å²) in [5, 5.41) is 3.98. The first-order valence-corrected chi connectivity index (χ1v) is 8.96. The maximum absolute atomic E-state index is 14.1. The van der Waals surface area contributed by atoms with Crippen molar-refractivity contribution in [3.8, 4) is 5.69 Å². The molecular formula is C21H19FN4O3. The molecule has 0 aliphatic heterocycles. The number of halogens is 1. The largest absolute Gasteiger partial charge is 0.294 e. The Morgan fingerprint density at radius 2 is 1.69 bits per heavy atom. The smallest absolute Gasteiger partial charge is 0.287 e. The first-order valence-electron chi connectivity index (χ1n) is 8.96. The molecule has 0 aliphatic rings. The van der Waals surface area contributed by atoms with E-state index in [-0.39, 0.29) is 5.69 Å². The summed E-state index contributed by atoms with van der Waals surface area (Å²) in [5.41, 5.74) is 5.18. The molecule has 3 rings (SSSR count). The second kappa shape index (κ2) is 8.47.